The van der Waals surface area contributed by atoms with Crippen molar-refractivity contribution in [1.82, 2.24) is 4.98 Å². The number of hydrogen-bond acceptors (Lipinski definition) is 4. The van der Waals surface area contributed by atoms with E-state index in [4.69, 9.17) is 0 Å². The summed E-state index contributed by atoms with van der Waals surface area (Å²) in [5.74, 6) is -1.67. The zero-order valence-electron chi connectivity index (χ0n) is 13.8. The van der Waals surface area contributed by atoms with E-state index in [1.807, 2.05) is 6.07 Å². The molecule has 1 aliphatic rings. The number of aliphatic hydroxyl groups excluding tert-OH is 1. The molecule has 0 saturated carbocycles. The largest absolute Gasteiger partial charge is 0.503 e. The minimum Gasteiger partial charge on any atom is -0.503 e. The first-order valence-electron chi connectivity index (χ1n) is 7.88. The monoisotopic (exact) mass is 400 g/mol. The van der Waals surface area contributed by atoms with Gasteiger partial charge in [0, 0.05) is 28.5 Å². The molecule has 1 atom stereocenters. The predicted molar refractivity (Wildman–Crippen MR) is 98.1 cm³/mol. The first-order valence-corrected chi connectivity index (χ1v) is 8.67. The van der Waals surface area contributed by atoms with Gasteiger partial charge in [-0.05, 0) is 29.8 Å². The van der Waals surface area contributed by atoms with Gasteiger partial charge in [-0.25, -0.2) is 0 Å². The molecule has 1 unspecified atom stereocenters. The van der Waals surface area contributed by atoms with Gasteiger partial charge in [-0.3, -0.25) is 19.5 Å². The average molecular weight is 401 g/mol. The first kappa shape index (κ1) is 17.4. The number of aliphatic hydroxyl groups is 1. The molecule has 2 aromatic rings. The maximum absolute atomic E-state index is 12.8. The number of benzene rings is 1. The molecule has 0 radical (unpaired) electrons. The highest BCUT2D eigenvalue weighted by Crippen LogP contribution is 2.41. The van der Waals surface area contributed by atoms with Gasteiger partial charge in [0.2, 0.25) is 0 Å². The fraction of sp³-hybridized carbons (Fsp3) is 0.211. The van der Waals surface area contributed by atoms with Gasteiger partial charge < -0.3 is 5.11 Å². The number of pyridine rings is 1. The van der Waals surface area contributed by atoms with Crippen molar-refractivity contribution in [3.8, 4) is 0 Å². The maximum Gasteiger partial charge on any atom is 0.294 e. The van der Waals surface area contributed by atoms with Gasteiger partial charge >= 0.3 is 0 Å². The van der Waals surface area contributed by atoms with Crippen molar-refractivity contribution in [1.29, 1.82) is 0 Å². The molecule has 5 nitrogen and oxygen atoms in total. The van der Waals surface area contributed by atoms with Gasteiger partial charge in [-0.15, -0.1) is 0 Å². The number of halogens is 1. The third-order valence-electron chi connectivity index (χ3n) is 4.08. The Bertz CT molecular complexity index is 862. The van der Waals surface area contributed by atoms with Crippen LogP contribution < -0.4 is 4.90 Å². The van der Waals surface area contributed by atoms with Gasteiger partial charge in [0.05, 0.1) is 11.6 Å². The van der Waals surface area contributed by atoms with Crippen molar-refractivity contribution in [2.45, 2.75) is 19.9 Å². The number of carbonyl (C=O) groups excluding carboxylic acids is 2. The van der Waals surface area contributed by atoms with Crippen LogP contribution in [0.25, 0.3) is 0 Å². The normalized spacial score (nSPS) is 17.5. The zero-order chi connectivity index (χ0) is 18.1. The summed E-state index contributed by atoms with van der Waals surface area (Å²) in [6.45, 7) is 3.49. The van der Waals surface area contributed by atoms with Crippen LogP contribution in [0.2, 0.25) is 0 Å². The van der Waals surface area contributed by atoms with Crippen LogP contribution in [0.5, 0.6) is 0 Å². The van der Waals surface area contributed by atoms with Crippen LogP contribution >= 0.6 is 15.9 Å². The summed E-state index contributed by atoms with van der Waals surface area (Å²) in [6.07, 6.45) is 3.23. The fourth-order valence-electron chi connectivity index (χ4n) is 2.91. The topological polar surface area (TPSA) is 70.5 Å². The van der Waals surface area contributed by atoms with Crippen LogP contribution in [-0.4, -0.2) is 21.8 Å². The van der Waals surface area contributed by atoms with E-state index in [1.165, 1.54) is 4.90 Å². The molecule has 1 amide bonds. The van der Waals surface area contributed by atoms with Crippen molar-refractivity contribution < 1.29 is 14.7 Å². The van der Waals surface area contributed by atoms with E-state index in [0.29, 0.717) is 11.3 Å². The lowest BCUT2D eigenvalue weighted by atomic mass is 9.92. The molecule has 0 spiro atoms. The molecule has 0 saturated heterocycles. The number of nitrogens with zero attached hydrogens (tertiary/aromatic N) is 2. The zero-order valence-corrected chi connectivity index (χ0v) is 15.4. The molecule has 25 heavy (non-hydrogen) atoms. The lowest BCUT2D eigenvalue weighted by Gasteiger charge is -2.27. The summed E-state index contributed by atoms with van der Waals surface area (Å²) >= 11 is 3.39. The molecule has 1 aliphatic heterocycles. The second kappa shape index (κ2) is 6.80. The number of hydrogen-bond donors (Lipinski definition) is 1. The molecule has 1 aromatic heterocycles. The summed E-state index contributed by atoms with van der Waals surface area (Å²) in [7, 11) is 0. The van der Waals surface area contributed by atoms with E-state index < -0.39 is 17.7 Å². The van der Waals surface area contributed by atoms with Crippen LogP contribution in [0, 0.1) is 5.92 Å². The van der Waals surface area contributed by atoms with Crippen LogP contribution in [0.15, 0.2) is 64.6 Å². The number of anilines is 1. The lowest BCUT2D eigenvalue weighted by Crippen LogP contribution is -2.31. The van der Waals surface area contributed by atoms with Gasteiger partial charge in [-0.1, -0.05) is 41.9 Å². The lowest BCUT2D eigenvalue weighted by molar-refractivity contribution is -0.119. The van der Waals surface area contributed by atoms with Crippen molar-refractivity contribution in [3.63, 3.8) is 0 Å². The Labute approximate surface area is 154 Å². The SMILES string of the molecule is CC(C)C(=O)C1=C(O)C(=O)N(c2cccc(Br)c2)C1c1cccnc1. The molecule has 1 N–H and O–H groups in total. The Hall–Kier alpha value is -2.47. The van der Waals surface area contributed by atoms with E-state index in [0.717, 1.165) is 4.47 Å². The van der Waals surface area contributed by atoms with E-state index in [-0.39, 0.29) is 17.3 Å². The summed E-state index contributed by atoms with van der Waals surface area (Å²) in [5, 5.41) is 10.4. The molecule has 2 heterocycles. The number of amides is 1. The Balaban J connectivity index is 2.19. The average Bonchev–Trinajstić information content (AvgIpc) is 2.86. The molecule has 0 bridgehead atoms. The third-order valence-corrected chi connectivity index (χ3v) is 4.58. The summed E-state index contributed by atoms with van der Waals surface area (Å²) in [5.41, 5.74) is 1.38. The van der Waals surface area contributed by atoms with Gasteiger partial charge in [0.15, 0.2) is 11.5 Å². The smallest absolute Gasteiger partial charge is 0.294 e. The molecule has 128 valence electrons. The van der Waals surface area contributed by atoms with Crippen molar-refractivity contribution in [2.24, 2.45) is 5.92 Å². The molecule has 0 aliphatic carbocycles. The summed E-state index contributed by atoms with van der Waals surface area (Å²) < 4.78 is 0.797. The van der Waals surface area contributed by atoms with E-state index in [2.05, 4.69) is 20.9 Å². The van der Waals surface area contributed by atoms with Crippen molar-refractivity contribution in [3.05, 3.63) is 70.2 Å². The van der Waals surface area contributed by atoms with Crippen LogP contribution in [0.3, 0.4) is 0 Å². The standard InChI is InChI=1S/C19H17BrN2O3/c1-11(2)17(23)15-16(12-5-4-8-21-10-12)22(19(25)18(15)24)14-7-3-6-13(20)9-14/h3-11,16,24H,1-2H3. The van der Waals surface area contributed by atoms with Crippen LogP contribution in [0.1, 0.15) is 25.5 Å². The molecule has 6 heteroatoms. The Morgan fingerprint density at radius 1 is 1.28 bits per heavy atom. The minimum absolute atomic E-state index is 0.118. The Kier molecular flexibility index (Phi) is 4.72. The number of carbonyl (C=O) groups is 2. The highest BCUT2D eigenvalue weighted by molar-refractivity contribution is 9.10. The van der Waals surface area contributed by atoms with Crippen molar-refractivity contribution in [2.75, 3.05) is 4.90 Å². The van der Waals surface area contributed by atoms with Gasteiger partial charge in [0.1, 0.15) is 0 Å². The maximum atomic E-state index is 12.8. The number of ketones is 1. The second-order valence-electron chi connectivity index (χ2n) is 6.13. The molecule has 1 aromatic carbocycles. The van der Waals surface area contributed by atoms with E-state index >= 15 is 0 Å². The van der Waals surface area contributed by atoms with Crippen LogP contribution in [0.4, 0.5) is 5.69 Å². The quantitative estimate of drug-likeness (QED) is 0.842. The van der Waals surface area contributed by atoms with Crippen molar-refractivity contribution >= 4 is 33.3 Å². The van der Waals surface area contributed by atoms with E-state index in [1.54, 1.807) is 56.6 Å². The highest BCUT2D eigenvalue weighted by Gasteiger charge is 2.44. The van der Waals surface area contributed by atoms with Gasteiger partial charge in [0.25, 0.3) is 5.91 Å². The first-order chi connectivity index (χ1) is 11.9. The van der Waals surface area contributed by atoms with Gasteiger partial charge in [-0.2, -0.15) is 0 Å². The predicted octanol–water partition coefficient (Wildman–Crippen LogP) is 3.97. The molecule has 3 rings (SSSR count). The number of Topliss-reactive ketones (excluding diaryl/α,β-unsaturated/α-hetero) is 1. The number of aromatic nitrogens is 1. The summed E-state index contributed by atoms with van der Waals surface area (Å²) in [6, 6.07) is 10.0. The van der Waals surface area contributed by atoms with Crippen LogP contribution in [-0.2, 0) is 9.59 Å². The molecular weight excluding hydrogens is 384 g/mol. The molecular formula is C19H17BrN2O3. The second-order valence-corrected chi connectivity index (χ2v) is 7.04. The Morgan fingerprint density at radius 2 is 2.04 bits per heavy atom. The number of rotatable bonds is 4. The third kappa shape index (κ3) is 3.09. The van der Waals surface area contributed by atoms with E-state index in [9.17, 15) is 14.7 Å². The fourth-order valence-corrected chi connectivity index (χ4v) is 3.30. The Morgan fingerprint density at radius 3 is 2.64 bits per heavy atom. The highest BCUT2D eigenvalue weighted by atomic mass is 79.9. The molecule has 0 fully saturated rings. The summed E-state index contributed by atoms with van der Waals surface area (Å²) in [4.78, 5) is 31.0. The minimum atomic E-state index is -0.703.